The minimum atomic E-state index is -4.53. The van der Waals surface area contributed by atoms with Crippen molar-refractivity contribution in [2.45, 2.75) is 13.1 Å². The zero-order valence-corrected chi connectivity index (χ0v) is 7.93. The third-order valence-electron chi connectivity index (χ3n) is 1.73. The predicted octanol–water partition coefficient (Wildman–Crippen LogP) is 2.98. The maximum Gasteiger partial charge on any atom is 0.417 e. The van der Waals surface area contributed by atoms with Crippen molar-refractivity contribution in [1.29, 1.82) is 5.26 Å². The Morgan fingerprint density at radius 3 is 2.53 bits per heavy atom. The van der Waals surface area contributed by atoms with Crippen LogP contribution in [0.1, 0.15) is 18.1 Å². The molecule has 0 saturated carbocycles. The second-order valence-electron chi connectivity index (χ2n) is 2.75. The molecule has 0 fully saturated rings. The summed E-state index contributed by atoms with van der Waals surface area (Å²) in [4.78, 5) is 0. The number of alkyl halides is 3. The highest BCUT2D eigenvalue weighted by atomic mass is 19.4. The number of benzene rings is 1. The average molecular weight is 215 g/mol. The fraction of sp³-hybridized carbons (Fsp3) is 0.300. The molecule has 0 spiro atoms. The van der Waals surface area contributed by atoms with Crippen LogP contribution in [0.3, 0.4) is 0 Å². The smallest absolute Gasteiger partial charge is 0.417 e. The van der Waals surface area contributed by atoms with Gasteiger partial charge in [-0.2, -0.15) is 18.4 Å². The van der Waals surface area contributed by atoms with Crippen LogP contribution in [-0.4, -0.2) is 6.61 Å². The van der Waals surface area contributed by atoms with Crippen molar-refractivity contribution in [2.24, 2.45) is 0 Å². The summed E-state index contributed by atoms with van der Waals surface area (Å²) in [7, 11) is 0. The molecule has 0 bridgehead atoms. The molecule has 0 radical (unpaired) electrons. The van der Waals surface area contributed by atoms with Crippen molar-refractivity contribution in [1.82, 2.24) is 0 Å². The highest BCUT2D eigenvalue weighted by Gasteiger charge is 2.33. The van der Waals surface area contributed by atoms with Crippen LogP contribution in [-0.2, 0) is 6.18 Å². The molecule has 0 aliphatic carbocycles. The first-order valence-corrected chi connectivity index (χ1v) is 4.23. The molecular formula is C10H8F3NO. The zero-order chi connectivity index (χ0) is 11.5. The van der Waals surface area contributed by atoms with E-state index in [2.05, 4.69) is 0 Å². The van der Waals surface area contributed by atoms with Gasteiger partial charge < -0.3 is 4.74 Å². The summed E-state index contributed by atoms with van der Waals surface area (Å²) in [6.07, 6.45) is -4.53. The summed E-state index contributed by atoms with van der Waals surface area (Å²) in [5, 5.41) is 8.51. The van der Waals surface area contributed by atoms with E-state index < -0.39 is 17.3 Å². The second kappa shape index (κ2) is 4.22. The van der Waals surface area contributed by atoms with E-state index in [4.69, 9.17) is 10.00 Å². The second-order valence-corrected chi connectivity index (χ2v) is 2.75. The minimum absolute atomic E-state index is 0.115. The summed E-state index contributed by atoms with van der Waals surface area (Å²) >= 11 is 0. The highest BCUT2D eigenvalue weighted by molar-refractivity contribution is 5.44. The van der Waals surface area contributed by atoms with E-state index in [9.17, 15) is 13.2 Å². The molecule has 1 aromatic rings. The molecule has 0 saturated heterocycles. The lowest BCUT2D eigenvalue weighted by molar-refractivity contribution is -0.137. The molecule has 0 atom stereocenters. The fourth-order valence-electron chi connectivity index (χ4n) is 1.11. The molecule has 0 heterocycles. The molecule has 80 valence electrons. The van der Waals surface area contributed by atoms with E-state index in [-0.39, 0.29) is 12.4 Å². The van der Waals surface area contributed by atoms with E-state index in [1.54, 1.807) is 6.92 Å². The van der Waals surface area contributed by atoms with E-state index in [0.29, 0.717) is 0 Å². The normalized spacial score (nSPS) is 10.9. The van der Waals surface area contributed by atoms with Crippen molar-refractivity contribution in [3.05, 3.63) is 29.3 Å². The van der Waals surface area contributed by atoms with Gasteiger partial charge in [0.1, 0.15) is 5.75 Å². The number of nitriles is 1. The third-order valence-corrected chi connectivity index (χ3v) is 1.73. The predicted molar refractivity (Wildman–Crippen MR) is 47.3 cm³/mol. The van der Waals surface area contributed by atoms with Crippen molar-refractivity contribution >= 4 is 0 Å². The van der Waals surface area contributed by atoms with Gasteiger partial charge in [-0.3, -0.25) is 0 Å². The Hall–Kier alpha value is -1.70. The quantitative estimate of drug-likeness (QED) is 0.759. The zero-order valence-electron chi connectivity index (χ0n) is 7.93. The Morgan fingerprint density at radius 1 is 1.40 bits per heavy atom. The number of hydrogen-bond acceptors (Lipinski definition) is 2. The van der Waals surface area contributed by atoms with Gasteiger partial charge in [0.25, 0.3) is 0 Å². The van der Waals surface area contributed by atoms with Crippen molar-refractivity contribution in [2.75, 3.05) is 6.61 Å². The van der Waals surface area contributed by atoms with Gasteiger partial charge in [-0.15, -0.1) is 0 Å². The van der Waals surface area contributed by atoms with Gasteiger partial charge in [0.05, 0.1) is 23.8 Å². The highest BCUT2D eigenvalue weighted by Crippen LogP contribution is 2.34. The van der Waals surface area contributed by atoms with Crippen molar-refractivity contribution in [3.63, 3.8) is 0 Å². The van der Waals surface area contributed by atoms with Crippen LogP contribution < -0.4 is 4.74 Å². The Labute approximate surface area is 84.9 Å². The molecule has 5 heteroatoms. The van der Waals surface area contributed by atoms with Gasteiger partial charge in [-0.1, -0.05) is 0 Å². The fourth-order valence-corrected chi connectivity index (χ4v) is 1.11. The van der Waals surface area contributed by atoms with Gasteiger partial charge in [0, 0.05) is 0 Å². The number of nitrogens with zero attached hydrogens (tertiary/aromatic N) is 1. The van der Waals surface area contributed by atoms with Gasteiger partial charge in [-0.25, -0.2) is 0 Å². The van der Waals surface area contributed by atoms with E-state index in [0.717, 1.165) is 12.1 Å². The van der Waals surface area contributed by atoms with Gasteiger partial charge in [-0.05, 0) is 25.1 Å². The van der Waals surface area contributed by atoms with Crippen LogP contribution in [0, 0.1) is 11.3 Å². The van der Waals surface area contributed by atoms with Gasteiger partial charge >= 0.3 is 6.18 Å². The molecule has 15 heavy (non-hydrogen) atoms. The average Bonchev–Trinajstić information content (AvgIpc) is 2.17. The molecule has 1 aromatic carbocycles. The Morgan fingerprint density at radius 2 is 2.07 bits per heavy atom. The molecule has 0 N–H and O–H groups in total. The SMILES string of the molecule is CCOc1ccc(C#N)c(C(F)(F)F)c1. The van der Waals surface area contributed by atoms with Crippen LogP contribution in [0.25, 0.3) is 0 Å². The maximum atomic E-state index is 12.4. The first-order chi connectivity index (χ1) is 6.99. The van der Waals surface area contributed by atoms with Crippen LogP contribution in [0.2, 0.25) is 0 Å². The summed E-state index contributed by atoms with van der Waals surface area (Å²) in [6.45, 7) is 1.95. The number of rotatable bonds is 2. The lowest BCUT2D eigenvalue weighted by Crippen LogP contribution is -2.08. The summed E-state index contributed by atoms with van der Waals surface area (Å²) in [5.41, 5.74) is -1.36. The van der Waals surface area contributed by atoms with Gasteiger partial charge in [0.15, 0.2) is 0 Å². The van der Waals surface area contributed by atoms with Crippen molar-refractivity contribution < 1.29 is 17.9 Å². The van der Waals surface area contributed by atoms with Gasteiger partial charge in [0.2, 0.25) is 0 Å². The van der Waals surface area contributed by atoms with Crippen LogP contribution >= 0.6 is 0 Å². The van der Waals surface area contributed by atoms with E-state index >= 15 is 0 Å². The molecule has 0 aromatic heterocycles. The summed E-state index contributed by atoms with van der Waals surface area (Å²) in [6, 6.07) is 4.78. The summed E-state index contributed by atoms with van der Waals surface area (Å²) in [5.74, 6) is 0.115. The maximum absolute atomic E-state index is 12.4. The standard InChI is InChI=1S/C10H8F3NO/c1-2-15-8-4-3-7(6-14)9(5-8)10(11,12)13/h3-5H,2H2,1H3. The lowest BCUT2D eigenvalue weighted by atomic mass is 10.1. The largest absolute Gasteiger partial charge is 0.494 e. The first-order valence-electron chi connectivity index (χ1n) is 4.23. The van der Waals surface area contributed by atoms with E-state index in [1.165, 1.54) is 12.1 Å². The molecule has 0 aliphatic heterocycles. The molecule has 0 unspecified atom stereocenters. The molecule has 0 aliphatic rings. The van der Waals surface area contributed by atoms with Crippen LogP contribution in [0.5, 0.6) is 5.75 Å². The topological polar surface area (TPSA) is 33.0 Å². The molecule has 1 rings (SSSR count). The lowest BCUT2D eigenvalue weighted by Gasteiger charge is -2.10. The Bertz CT molecular complexity index is 393. The number of ether oxygens (including phenoxy) is 1. The summed E-state index contributed by atoms with van der Waals surface area (Å²) < 4.78 is 42.3. The molecule has 0 amide bonds. The molecular weight excluding hydrogens is 207 g/mol. The Balaban J connectivity index is 3.21. The third kappa shape index (κ3) is 2.62. The van der Waals surface area contributed by atoms with Crippen molar-refractivity contribution in [3.8, 4) is 11.8 Å². The molecule has 2 nitrogen and oxygen atoms in total. The van der Waals surface area contributed by atoms with E-state index in [1.807, 2.05) is 0 Å². The van der Waals surface area contributed by atoms with Crippen LogP contribution in [0.15, 0.2) is 18.2 Å². The van der Waals surface area contributed by atoms with Crippen LogP contribution in [0.4, 0.5) is 13.2 Å². The first kappa shape index (κ1) is 11.4. The minimum Gasteiger partial charge on any atom is -0.494 e. The Kier molecular flexibility index (Phi) is 3.20. The number of hydrogen-bond donors (Lipinski definition) is 0. The number of halogens is 3. The monoisotopic (exact) mass is 215 g/mol.